The van der Waals surface area contributed by atoms with E-state index in [1.807, 2.05) is 121 Å². The molecule has 2 N–H and O–H groups in total. The number of hydrogen-bond donors (Lipinski definition) is 2. The first-order valence-electron chi connectivity index (χ1n) is 20.5. The van der Waals surface area contributed by atoms with E-state index in [0.29, 0.717) is 22.3 Å². The van der Waals surface area contributed by atoms with Crippen molar-refractivity contribution in [2.75, 3.05) is 0 Å². The highest BCUT2D eigenvalue weighted by atomic mass is 16.4. The zero-order valence-electron chi connectivity index (χ0n) is 33.3. The number of rotatable bonds is 9. The molecule has 61 heavy (non-hydrogen) atoms. The molecule has 0 spiro atoms. The molecule has 0 aliphatic carbocycles. The molecular weight excluding hydrogens is 745 g/mol. The highest BCUT2D eigenvalue weighted by Gasteiger charge is 2.27. The normalized spacial score (nSPS) is 11.2. The maximum atomic E-state index is 14.2. The first-order valence-corrected chi connectivity index (χ1v) is 20.5. The molecular formula is C58H40O3. The van der Waals surface area contributed by atoms with E-state index in [2.05, 4.69) is 97.1 Å². The van der Waals surface area contributed by atoms with Crippen molar-refractivity contribution in [1.29, 1.82) is 0 Å². The van der Waals surface area contributed by atoms with Crippen molar-refractivity contribution in [3.05, 3.63) is 230 Å². The lowest BCUT2D eigenvalue weighted by Crippen LogP contribution is -2.07. The number of aliphatic hydroxyl groups excluding tert-OH is 1. The van der Waals surface area contributed by atoms with Gasteiger partial charge in [-0.3, -0.25) is 0 Å². The monoisotopic (exact) mass is 784 g/mol. The van der Waals surface area contributed by atoms with Crippen LogP contribution < -0.4 is 0 Å². The van der Waals surface area contributed by atoms with Gasteiger partial charge in [-0.15, -0.1) is 0 Å². The van der Waals surface area contributed by atoms with Crippen molar-refractivity contribution in [3.8, 4) is 77.9 Å². The third-order valence-corrected chi connectivity index (χ3v) is 11.7. The quantitative estimate of drug-likeness (QED) is 0.153. The maximum Gasteiger partial charge on any atom is 0.336 e. The molecule has 0 heterocycles. The van der Waals surface area contributed by atoms with E-state index in [4.69, 9.17) is 0 Å². The maximum absolute atomic E-state index is 14.2. The molecule has 0 aliphatic rings. The highest BCUT2D eigenvalue weighted by Crippen LogP contribution is 2.47. The molecule has 3 heteroatoms. The largest absolute Gasteiger partial charge is 0.478 e. The van der Waals surface area contributed by atoms with Crippen LogP contribution in [0.1, 0.15) is 15.9 Å². The van der Waals surface area contributed by atoms with Gasteiger partial charge < -0.3 is 10.2 Å². The van der Waals surface area contributed by atoms with Crippen LogP contribution in [0.2, 0.25) is 0 Å². The first-order chi connectivity index (χ1) is 30.0. The van der Waals surface area contributed by atoms with E-state index in [9.17, 15) is 15.0 Å². The van der Waals surface area contributed by atoms with Gasteiger partial charge in [-0.1, -0.05) is 170 Å². The van der Waals surface area contributed by atoms with Crippen LogP contribution in [0, 0.1) is 0 Å². The van der Waals surface area contributed by atoms with Crippen molar-refractivity contribution in [2.24, 2.45) is 0 Å². The Hall–Kier alpha value is -7.85. The van der Waals surface area contributed by atoms with E-state index >= 15 is 0 Å². The molecule has 3 nitrogen and oxygen atoms in total. The van der Waals surface area contributed by atoms with Crippen LogP contribution in [0.15, 0.2) is 218 Å². The Labute approximate surface area is 355 Å². The summed E-state index contributed by atoms with van der Waals surface area (Å²) in [4.78, 5) is 14.2. The van der Waals surface area contributed by atoms with Gasteiger partial charge in [0.05, 0.1) is 12.2 Å². The van der Waals surface area contributed by atoms with Crippen LogP contribution in [0.5, 0.6) is 0 Å². The zero-order chi connectivity index (χ0) is 41.3. The van der Waals surface area contributed by atoms with Crippen molar-refractivity contribution < 1.29 is 15.0 Å². The minimum Gasteiger partial charge on any atom is -0.478 e. The third kappa shape index (κ3) is 7.08. The molecule has 0 saturated heterocycles. The van der Waals surface area contributed by atoms with Crippen molar-refractivity contribution >= 4 is 27.5 Å². The molecule has 10 aromatic rings. The highest BCUT2D eigenvalue weighted by molar-refractivity contribution is 6.18. The summed E-state index contributed by atoms with van der Waals surface area (Å²) in [7, 11) is 0. The summed E-state index contributed by atoms with van der Waals surface area (Å²) in [5.74, 6) is -1.04. The van der Waals surface area contributed by atoms with Crippen LogP contribution in [-0.2, 0) is 6.61 Å². The van der Waals surface area contributed by atoms with Crippen LogP contribution >= 0.6 is 0 Å². The molecule has 290 valence electrons. The molecule has 0 amide bonds. The van der Waals surface area contributed by atoms with Crippen LogP contribution in [0.3, 0.4) is 0 Å². The summed E-state index contributed by atoms with van der Waals surface area (Å²) in [5.41, 5.74) is 13.6. The standard InChI is InChI=1S/C58H40O3/c59-37-54-52(48-31-44(38-17-5-1-6-18-38)29-45(32-48)39-19-7-2-8-20-39)35-42-25-13-15-27-50(42)55(54)56-51-28-16-14-26-43(51)36-53(57(56)58(60)61)49-33-46(40-21-9-3-10-22-40)30-47(34-49)41-23-11-4-12-24-41/h1-36,59H,37H2,(H,60,61). The Balaban J connectivity index is 1.30. The Morgan fingerprint density at radius 3 is 1.07 bits per heavy atom. The lowest BCUT2D eigenvalue weighted by molar-refractivity contribution is 0.0698. The SMILES string of the molecule is O=C(O)c1c(-c2cc(-c3ccccc3)cc(-c3ccccc3)c2)cc2ccccc2c1-c1c(CO)c(-c2cc(-c3ccccc3)cc(-c3ccccc3)c2)cc2ccccc12. The minimum atomic E-state index is -1.04. The van der Waals surface area contributed by atoms with Gasteiger partial charge in [0.1, 0.15) is 0 Å². The van der Waals surface area contributed by atoms with E-state index < -0.39 is 5.97 Å². The summed E-state index contributed by atoms with van der Waals surface area (Å²) in [6.45, 7) is -0.314. The number of carboxylic acids is 1. The van der Waals surface area contributed by atoms with Gasteiger partial charge >= 0.3 is 5.97 Å². The number of benzene rings is 10. The number of aromatic carboxylic acids is 1. The number of aliphatic hydroxyl groups is 1. The second-order valence-corrected chi connectivity index (χ2v) is 15.4. The van der Waals surface area contributed by atoms with Gasteiger partial charge in [0, 0.05) is 5.56 Å². The van der Waals surface area contributed by atoms with E-state index in [0.717, 1.165) is 82.7 Å². The van der Waals surface area contributed by atoms with Crippen LogP contribution in [0.25, 0.3) is 99.4 Å². The molecule has 0 aliphatic heterocycles. The molecule has 0 radical (unpaired) electrons. The van der Waals surface area contributed by atoms with E-state index in [1.165, 1.54) is 0 Å². The van der Waals surface area contributed by atoms with Gasteiger partial charge in [-0.2, -0.15) is 0 Å². The predicted octanol–water partition coefficient (Wildman–Crippen LogP) is 14.9. The first kappa shape index (κ1) is 37.4. The second-order valence-electron chi connectivity index (χ2n) is 15.4. The Morgan fingerprint density at radius 1 is 0.344 bits per heavy atom. The predicted molar refractivity (Wildman–Crippen MR) is 252 cm³/mol. The van der Waals surface area contributed by atoms with Crippen LogP contribution in [0.4, 0.5) is 0 Å². The summed E-state index contributed by atoms with van der Waals surface area (Å²) < 4.78 is 0. The van der Waals surface area contributed by atoms with Crippen molar-refractivity contribution in [2.45, 2.75) is 6.61 Å². The summed E-state index contributed by atoms with van der Waals surface area (Å²) >= 11 is 0. The molecule has 0 fully saturated rings. The average Bonchev–Trinajstić information content (AvgIpc) is 3.33. The summed E-state index contributed by atoms with van der Waals surface area (Å²) in [6.07, 6.45) is 0. The fraction of sp³-hybridized carbons (Fsp3) is 0.0172. The minimum absolute atomic E-state index is 0.183. The number of fused-ring (bicyclic) bond motifs is 2. The molecule has 10 aromatic carbocycles. The van der Waals surface area contributed by atoms with Crippen molar-refractivity contribution in [3.63, 3.8) is 0 Å². The number of hydrogen-bond acceptors (Lipinski definition) is 2. The summed E-state index contributed by atoms with van der Waals surface area (Å²) in [5, 5.41) is 26.8. The van der Waals surface area contributed by atoms with Gasteiger partial charge in [-0.05, 0) is 148 Å². The van der Waals surface area contributed by atoms with Gasteiger partial charge in [0.25, 0.3) is 0 Å². The summed E-state index contributed by atoms with van der Waals surface area (Å²) in [6, 6.07) is 74.3. The fourth-order valence-corrected chi connectivity index (χ4v) is 8.91. The van der Waals surface area contributed by atoms with Crippen LogP contribution in [-0.4, -0.2) is 16.2 Å². The number of carbonyl (C=O) groups is 1. The molecule has 0 atom stereocenters. The topological polar surface area (TPSA) is 57.5 Å². The average molecular weight is 785 g/mol. The smallest absolute Gasteiger partial charge is 0.336 e. The molecule has 0 bridgehead atoms. The Kier molecular flexibility index (Phi) is 9.86. The number of carboxylic acid groups (broad SMARTS) is 1. The third-order valence-electron chi connectivity index (χ3n) is 11.7. The molecule has 0 aromatic heterocycles. The van der Waals surface area contributed by atoms with Gasteiger partial charge in [0.2, 0.25) is 0 Å². The lowest BCUT2D eigenvalue weighted by Gasteiger charge is -2.23. The lowest BCUT2D eigenvalue weighted by atomic mass is 9.80. The van der Waals surface area contributed by atoms with Gasteiger partial charge in [-0.25, -0.2) is 4.79 Å². The second kappa shape index (κ2) is 16.1. The molecule has 0 unspecified atom stereocenters. The van der Waals surface area contributed by atoms with Crippen molar-refractivity contribution in [1.82, 2.24) is 0 Å². The van der Waals surface area contributed by atoms with E-state index in [1.54, 1.807) is 0 Å². The molecule has 10 rings (SSSR count). The Bertz CT molecular complexity index is 3110. The fourth-order valence-electron chi connectivity index (χ4n) is 8.91. The van der Waals surface area contributed by atoms with E-state index in [-0.39, 0.29) is 12.2 Å². The Morgan fingerprint density at radius 2 is 0.672 bits per heavy atom. The zero-order valence-corrected chi connectivity index (χ0v) is 33.3. The molecule has 0 saturated carbocycles. The van der Waals surface area contributed by atoms with Gasteiger partial charge in [0.15, 0.2) is 0 Å².